The second-order valence-electron chi connectivity index (χ2n) is 9.14. The lowest BCUT2D eigenvalue weighted by molar-refractivity contribution is -0.161. The van der Waals surface area contributed by atoms with Gasteiger partial charge in [0.25, 0.3) is 0 Å². The Bertz CT molecular complexity index is 735. The number of ether oxygens (including phenoxy) is 1. The Morgan fingerprint density at radius 3 is 2.59 bits per heavy atom. The molecule has 1 spiro atoms. The topological polar surface area (TPSA) is 49.8 Å². The Morgan fingerprint density at radius 2 is 2.00 bits per heavy atom. The summed E-state index contributed by atoms with van der Waals surface area (Å²) in [5.41, 5.74) is 1.44. The number of amides is 1. The average molecular weight is 379 g/mol. The van der Waals surface area contributed by atoms with Gasteiger partial charge >= 0.3 is 6.61 Å². The maximum Gasteiger partial charge on any atom is 0.387 e. The van der Waals surface area contributed by atoms with Gasteiger partial charge in [0.1, 0.15) is 5.75 Å². The van der Waals surface area contributed by atoms with Crippen LogP contribution in [0.5, 0.6) is 5.75 Å². The van der Waals surface area contributed by atoms with Crippen LogP contribution in [0.15, 0.2) is 18.2 Å². The number of benzene rings is 1. The van der Waals surface area contributed by atoms with E-state index in [1.807, 2.05) is 17.0 Å². The first-order valence-electron chi connectivity index (χ1n) is 9.73. The predicted octanol–water partition coefficient (Wildman–Crippen LogP) is 3.85. The maximum atomic E-state index is 12.5. The summed E-state index contributed by atoms with van der Waals surface area (Å²) in [7, 11) is 0. The van der Waals surface area contributed by atoms with E-state index in [4.69, 9.17) is 0 Å². The zero-order valence-electron chi connectivity index (χ0n) is 15.9. The van der Waals surface area contributed by atoms with E-state index in [1.165, 1.54) is 5.56 Å². The minimum absolute atomic E-state index is 0.0143. The molecule has 1 atom stereocenters. The molecule has 0 bridgehead atoms. The lowest BCUT2D eigenvalue weighted by Crippen LogP contribution is -2.61. The van der Waals surface area contributed by atoms with Crippen molar-refractivity contribution in [3.8, 4) is 5.75 Å². The van der Waals surface area contributed by atoms with Crippen LogP contribution in [0, 0.1) is 18.3 Å². The van der Waals surface area contributed by atoms with Crippen LogP contribution in [0.25, 0.3) is 0 Å². The SMILES string of the molecule is Cc1cc(C2CCC3(C2)CN(C(=O)[C@H]2C[C@@](C)(O)C2)C3)ccc1OC(F)F. The Labute approximate surface area is 158 Å². The number of aryl methyl sites for hydroxylation is 1. The Morgan fingerprint density at radius 1 is 1.30 bits per heavy atom. The number of alkyl halides is 2. The fourth-order valence-corrected chi connectivity index (χ4v) is 5.29. The van der Waals surface area contributed by atoms with Crippen molar-refractivity contribution in [2.45, 2.75) is 64.1 Å². The highest BCUT2D eigenvalue weighted by Gasteiger charge is 2.53. The largest absolute Gasteiger partial charge is 0.435 e. The molecule has 4 rings (SSSR count). The molecule has 2 aliphatic carbocycles. The number of nitrogens with zero attached hydrogens (tertiary/aromatic N) is 1. The van der Waals surface area contributed by atoms with Crippen LogP contribution in [0.3, 0.4) is 0 Å². The molecule has 4 nitrogen and oxygen atoms in total. The number of hydrogen-bond acceptors (Lipinski definition) is 3. The Hall–Kier alpha value is -1.69. The third kappa shape index (κ3) is 3.56. The summed E-state index contributed by atoms with van der Waals surface area (Å²) in [6.45, 7) is 2.40. The summed E-state index contributed by atoms with van der Waals surface area (Å²) < 4.78 is 29.4. The van der Waals surface area contributed by atoms with Crippen LogP contribution in [-0.2, 0) is 4.79 Å². The molecular weight excluding hydrogens is 352 g/mol. The van der Waals surface area contributed by atoms with Gasteiger partial charge in [0.15, 0.2) is 0 Å². The van der Waals surface area contributed by atoms with Crippen LogP contribution < -0.4 is 4.74 Å². The van der Waals surface area contributed by atoms with Gasteiger partial charge < -0.3 is 14.7 Å². The molecule has 0 radical (unpaired) electrons. The van der Waals surface area contributed by atoms with Crippen molar-refractivity contribution in [1.82, 2.24) is 4.90 Å². The molecule has 6 heteroatoms. The summed E-state index contributed by atoms with van der Waals surface area (Å²) in [6.07, 6.45) is 4.34. The molecule has 1 aliphatic heterocycles. The number of aliphatic hydroxyl groups is 1. The molecule has 148 valence electrons. The highest BCUT2D eigenvalue weighted by Crippen LogP contribution is 2.53. The van der Waals surface area contributed by atoms with Gasteiger partial charge in [-0.25, -0.2) is 0 Å². The molecule has 2 saturated carbocycles. The first kappa shape index (κ1) is 18.7. The van der Waals surface area contributed by atoms with Gasteiger partial charge in [-0.15, -0.1) is 0 Å². The number of halogens is 2. The number of rotatable bonds is 4. The normalized spacial score (nSPS) is 31.7. The van der Waals surface area contributed by atoms with E-state index in [1.54, 1.807) is 19.9 Å². The maximum absolute atomic E-state index is 12.5. The highest BCUT2D eigenvalue weighted by molar-refractivity contribution is 5.81. The molecule has 0 aromatic heterocycles. The molecule has 1 N–H and O–H groups in total. The number of carbonyl (C=O) groups excluding carboxylic acids is 1. The van der Waals surface area contributed by atoms with E-state index in [0.29, 0.717) is 18.8 Å². The van der Waals surface area contributed by atoms with Crippen molar-refractivity contribution in [2.24, 2.45) is 11.3 Å². The summed E-state index contributed by atoms with van der Waals surface area (Å²) >= 11 is 0. The summed E-state index contributed by atoms with van der Waals surface area (Å²) in [4.78, 5) is 14.4. The monoisotopic (exact) mass is 379 g/mol. The fourth-order valence-electron chi connectivity index (χ4n) is 5.29. The summed E-state index contributed by atoms with van der Waals surface area (Å²) in [5.74, 6) is 0.823. The molecule has 1 saturated heterocycles. The second kappa shape index (κ2) is 6.43. The van der Waals surface area contributed by atoms with Crippen molar-refractivity contribution in [3.63, 3.8) is 0 Å². The van der Waals surface area contributed by atoms with Gasteiger partial charge in [0.05, 0.1) is 5.60 Å². The molecular formula is C21H27F2NO3. The van der Waals surface area contributed by atoms with Gasteiger partial charge in [-0.3, -0.25) is 4.79 Å². The Kier molecular flexibility index (Phi) is 4.45. The van der Waals surface area contributed by atoms with Gasteiger partial charge in [0.2, 0.25) is 5.91 Å². The molecule has 27 heavy (non-hydrogen) atoms. The highest BCUT2D eigenvalue weighted by atomic mass is 19.3. The van der Waals surface area contributed by atoms with Crippen LogP contribution >= 0.6 is 0 Å². The standard InChI is InChI=1S/C21H27F2NO3/c1-13-7-14(3-4-17(13)27-19(22)23)15-5-6-21(10-15)11-24(12-21)18(25)16-8-20(2,26)9-16/h3-4,7,15-16,19,26H,5-6,8-12H2,1-2H3/t15?,16-,20+. The van der Waals surface area contributed by atoms with Crippen molar-refractivity contribution in [1.29, 1.82) is 0 Å². The van der Waals surface area contributed by atoms with E-state index in [9.17, 15) is 18.7 Å². The van der Waals surface area contributed by atoms with E-state index in [-0.39, 0.29) is 23.0 Å². The van der Waals surface area contributed by atoms with Crippen LogP contribution in [0.2, 0.25) is 0 Å². The van der Waals surface area contributed by atoms with Crippen molar-refractivity contribution in [2.75, 3.05) is 13.1 Å². The molecule has 3 aliphatic rings. The molecule has 1 aromatic carbocycles. The fraction of sp³-hybridized carbons (Fsp3) is 0.667. The van der Waals surface area contributed by atoms with Crippen molar-refractivity contribution >= 4 is 5.91 Å². The van der Waals surface area contributed by atoms with Crippen LogP contribution in [0.1, 0.15) is 56.1 Å². The molecule has 1 heterocycles. The predicted molar refractivity (Wildman–Crippen MR) is 96.8 cm³/mol. The van der Waals surface area contributed by atoms with Gasteiger partial charge in [0, 0.05) is 24.4 Å². The third-order valence-electron chi connectivity index (χ3n) is 6.67. The van der Waals surface area contributed by atoms with Crippen LogP contribution in [-0.4, -0.2) is 41.2 Å². The quantitative estimate of drug-likeness (QED) is 0.864. The molecule has 1 aromatic rings. The number of likely N-dealkylation sites (tertiary alicyclic amines) is 1. The zero-order valence-corrected chi connectivity index (χ0v) is 15.9. The third-order valence-corrected chi connectivity index (χ3v) is 6.67. The smallest absolute Gasteiger partial charge is 0.387 e. The minimum atomic E-state index is -2.80. The van der Waals surface area contributed by atoms with Crippen LogP contribution in [0.4, 0.5) is 8.78 Å². The summed E-state index contributed by atoms with van der Waals surface area (Å²) in [5, 5.41) is 9.84. The average Bonchev–Trinajstić information content (AvgIpc) is 2.97. The molecule has 1 amide bonds. The minimum Gasteiger partial charge on any atom is -0.435 e. The number of hydrogen-bond donors (Lipinski definition) is 1. The van der Waals surface area contributed by atoms with Crippen molar-refractivity contribution < 1.29 is 23.4 Å². The first-order chi connectivity index (χ1) is 12.7. The lowest BCUT2D eigenvalue weighted by atomic mass is 9.69. The van der Waals surface area contributed by atoms with E-state index in [2.05, 4.69) is 4.74 Å². The van der Waals surface area contributed by atoms with E-state index < -0.39 is 12.2 Å². The van der Waals surface area contributed by atoms with Gasteiger partial charge in [-0.05, 0) is 69.1 Å². The lowest BCUT2D eigenvalue weighted by Gasteiger charge is -2.52. The zero-order chi connectivity index (χ0) is 19.4. The Balaban J connectivity index is 1.33. The van der Waals surface area contributed by atoms with Gasteiger partial charge in [-0.2, -0.15) is 8.78 Å². The first-order valence-corrected chi connectivity index (χ1v) is 9.73. The van der Waals surface area contributed by atoms with E-state index >= 15 is 0 Å². The summed E-state index contributed by atoms with van der Waals surface area (Å²) in [6, 6.07) is 5.49. The van der Waals surface area contributed by atoms with E-state index in [0.717, 1.165) is 37.9 Å². The second-order valence-corrected chi connectivity index (χ2v) is 9.14. The van der Waals surface area contributed by atoms with Crippen molar-refractivity contribution in [3.05, 3.63) is 29.3 Å². The van der Waals surface area contributed by atoms with Gasteiger partial charge in [-0.1, -0.05) is 12.1 Å². The number of carbonyl (C=O) groups is 1. The molecule has 3 fully saturated rings. The molecule has 1 unspecified atom stereocenters.